The molecule has 4 nitrogen and oxygen atoms in total. The first-order chi connectivity index (χ1) is 7.66. The van der Waals surface area contributed by atoms with Gasteiger partial charge in [0.1, 0.15) is 0 Å². The van der Waals surface area contributed by atoms with Gasteiger partial charge in [-0.15, -0.1) is 0 Å². The highest BCUT2D eigenvalue weighted by Crippen LogP contribution is 2.37. The van der Waals surface area contributed by atoms with E-state index in [9.17, 15) is 5.11 Å². The van der Waals surface area contributed by atoms with Crippen LogP contribution in [0, 0.1) is 6.92 Å². The summed E-state index contributed by atoms with van der Waals surface area (Å²) in [4.78, 5) is 8.73. The molecule has 1 aromatic rings. The van der Waals surface area contributed by atoms with Crippen LogP contribution in [0.2, 0.25) is 0 Å². The van der Waals surface area contributed by atoms with Crippen LogP contribution < -0.4 is 5.73 Å². The van der Waals surface area contributed by atoms with Crippen LogP contribution in [0.1, 0.15) is 37.1 Å². The van der Waals surface area contributed by atoms with Crippen LogP contribution in [0.3, 0.4) is 0 Å². The molecule has 0 radical (unpaired) electrons. The SMILES string of the molecule is Cc1cnc(C2(CN)CCC(O)CC2)cn1. The average molecular weight is 221 g/mol. The third-order valence-corrected chi connectivity index (χ3v) is 3.63. The summed E-state index contributed by atoms with van der Waals surface area (Å²) >= 11 is 0. The number of rotatable bonds is 2. The average Bonchev–Trinajstić information content (AvgIpc) is 2.32. The lowest BCUT2D eigenvalue weighted by atomic mass is 9.71. The number of aliphatic hydroxyl groups is 1. The van der Waals surface area contributed by atoms with Gasteiger partial charge in [-0.25, -0.2) is 0 Å². The van der Waals surface area contributed by atoms with Gasteiger partial charge in [0.2, 0.25) is 0 Å². The predicted octanol–water partition coefficient (Wildman–Crippen LogP) is 0.916. The lowest BCUT2D eigenvalue weighted by Gasteiger charge is -2.37. The number of nitrogens with zero attached hydrogens (tertiary/aromatic N) is 2. The zero-order valence-electron chi connectivity index (χ0n) is 9.69. The maximum atomic E-state index is 9.55. The fourth-order valence-electron chi connectivity index (χ4n) is 2.39. The van der Waals surface area contributed by atoms with Crippen LogP contribution >= 0.6 is 0 Å². The molecule has 0 unspecified atom stereocenters. The molecule has 4 heteroatoms. The van der Waals surface area contributed by atoms with Gasteiger partial charge in [0.25, 0.3) is 0 Å². The molecule has 2 rings (SSSR count). The van der Waals surface area contributed by atoms with Gasteiger partial charge < -0.3 is 10.8 Å². The monoisotopic (exact) mass is 221 g/mol. The van der Waals surface area contributed by atoms with Crippen molar-refractivity contribution in [2.45, 2.75) is 44.1 Å². The topological polar surface area (TPSA) is 72.0 Å². The van der Waals surface area contributed by atoms with Gasteiger partial charge in [-0.2, -0.15) is 0 Å². The zero-order valence-corrected chi connectivity index (χ0v) is 9.69. The summed E-state index contributed by atoms with van der Waals surface area (Å²) in [5.41, 5.74) is 7.74. The molecule has 1 fully saturated rings. The van der Waals surface area contributed by atoms with Crippen LogP contribution in [-0.4, -0.2) is 27.7 Å². The highest BCUT2D eigenvalue weighted by Gasteiger charge is 2.36. The molecule has 0 aliphatic heterocycles. The molecule has 0 aromatic carbocycles. The lowest BCUT2D eigenvalue weighted by Crippen LogP contribution is -2.40. The van der Waals surface area contributed by atoms with E-state index in [4.69, 9.17) is 5.73 Å². The molecule has 0 amide bonds. The van der Waals surface area contributed by atoms with E-state index in [1.54, 1.807) is 6.20 Å². The Morgan fingerprint density at radius 1 is 1.38 bits per heavy atom. The molecule has 0 spiro atoms. The second-order valence-corrected chi connectivity index (χ2v) is 4.76. The highest BCUT2D eigenvalue weighted by atomic mass is 16.3. The first-order valence-corrected chi connectivity index (χ1v) is 5.83. The van der Waals surface area contributed by atoms with Gasteiger partial charge in [0, 0.05) is 24.4 Å². The molecule has 1 saturated carbocycles. The van der Waals surface area contributed by atoms with Crippen LogP contribution in [0.4, 0.5) is 0 Å². The van der Waals surface area contributed by atoms with E-state index >= 15 is 0 Å². The molecular weight excluding hydrogens is 202 g/mol. The number of aryl methyl sites for hydroxylation is 1. The number of aliphatic hydroxyl groups excluding tert-OH is 1. The fraction of sp³-hybridized carbons (Fsp3) is 0.667. The van der Waals surface area contributed by atoms with Crippen molar-refractivity contribution in [2.75, 3.05) is 6.54 Å². The van der Waals surface area contributed by atoms with Crippen molar-refractivity contribution in [3.05, 3.63) is 23.8 Å². The van der Waals surface area contributed by atoms with Gasteiger partial charge in [-0.1, -0.05) is 0 Å². The summed E-state index contributed by atoms with van der Waals surface area (Å²) in [6.07, 6.45) is 6.89. The first kappa shape index (κ1) is 11.5. The second kappa shape index (κ2) is 4.47. The van der Waals surface area contributed by atoms with E-state index in [1.807, 2.05) is 13.1 Å². The Hall–Kier alpha value is -1.00. The Balaban J connectivity index is 2.24. The number of nitrogens with two attached hydrogens (primary N) is 1. The number of hydrogen-bond acceptors (Lipinski definition) is 4. The van der Waals surface area contributed by atoms with E-state index < -0.39 is 0 Å². The molecule has 88 valence electrons. The molecule has 3 N–H and O–H groups in total. The van der Waals surface area contributed by atoms with Gasteiger partial charge in [-0.05, 0) is 32.6 Å². The summed E-state index contributed by atoms with van der Waals surface area (Å²) in [6.45, 7) is 2.51. The predicted molar refractivity (Wildman–Crippen MR) is 62.0 cm³/mol. The minimum absolute atomic E-state index is 0.0695. The van der Waals surface area contributed by atoms with Crippen molar-refractivity contribution in [1.82, 2.24) is 9.97 Å². The standard InChI is InChI=1S/C12H19N3O/c1-9-6-15-11(7-14-9)12(8-13)4-2-10(16)3-5-12/h6-7,10,16H,2-5,8,13H2,1H3. The third-order valence-electron chi connectivity index (χ3n) is 3.63. The third kappa shape index (κ3) is 2.08. The smallest absolute Gasteiger partial charge is 0.0661 e. The fourth-order valence-corrected chi connectivity index (χ4v) is 2.39. The summed E-state index contributed by atoms with van der Waals surface area (Å²) in [6, 6.07) is 0. The van der Waals surface area contributed by atoms with Crippen LogP contribution in [0.15, 0.2) is 12.4 Å². The quantitative estimate of drug-likeness (QED) is 0.779. The van der Waals surface area contributed by atoms with E-state index in [0.717, 1.165) is 37.1 Å². The molecule has 0 saturated heterocycles. The zero-order chi connectivity index (χ0) is 11.6. The summed E-state index contributed by atoms with van der Waals surface area (Å²) in [7, 11) is 0. The van der Waals surface area contributed by atoms with Crippen molar-refractivity contribution in [1.29, 1.82) is 0 Å². The Kier molecular flexibility index (Phi) is 3.21. The van der Waals surface area contributed by atoms with E-state index in [-0.39, 0.29) is 11.5 Å². The summed E-state index contributed by atoms with van der Waals surface area (Å²) in [5, 5.41) is 9.55. The maximum absolute atomic E-state index is 9.55. The van der Waals surface area contributed by atoms with Crippen LogP contribution in [0.5, 0.6) is 0 Å². The first-order valence-electron chi connectivity index (χ1n) is 5.83. The molecular formula is C12H19N3O. The van der Waals surface area contributed by atoms with Crippen LogP contribution in [0.25, 0.3) is 0 Å². The molecule has 1 aliphatic carbocycles. The normalized spacial score (nSPS) is 30.3. The Bertz CT molecular complexity index is 342. The minimum atomic E-state index is -0.168. The molecule has 0 atom stereocenters. The number of aromatic nitrogens is 2. The van der Waals surface area contributed by atoms with E-state index in [0.29, 0.717) is 6.54 Å². The molecule has 1 aliphatic rings. The summed E-state index contributed by atoms with van der Waals surface area (Å²) < 4.78 is 0. The van der Waals surface area contributed by atoms with Crippen molar-refractivity contribution in [3.8, 4) is 0 Å². The molecule has 1 aromatic heterocycles. The number of hydrogen-bond donors (Lipinski definition) is 2. The Labute approximate surface area is 95.9 Å². The van der Waals surface area contributed by atoms with Gasteiger partial charge in [-0.3, -0.25) is 9.97 Å². The minimum Gasteiger partial charge on any atom is -0.393 e. The molecule has 16 heavy (non-hydrogen) atoms. The van der Waals surface area contributed by atoms with Crippen molar-refractivity contribution >= 4 is 0 Å². The van der Waals surface area contributed by atoms with Gasteiger partial charge >= 0.3 is 0 Å². The lowest BCUT2D eigenvalue weighted by molar-refractivity contribution is 0.0960. The largest absolute Gasteiger partial charge is 0.393 e. The Morgan fingerprint density at radius 2 is 2.06 bits per heavy atom. The second-order valence-electron chi connectivity index (χ2n) is 4.76. The van der Waals surface area contributed by atoms with Crippen molar-refractivity contribution in [3.63, 3.8) is 0 Å². The van der Waals surface area contributed by atoms with Crippen molar-refractivity contribution in [2.24, 2.45) is 5.73 Å². The molecule has 1 heterocycles. The van der Waals surface area contributed by atoms with Crippen molar-refractivity contribution < 1.29 is 5.11 Å². The van der Waals surface area contributed by atoms with E-state index in [2.05, 4.69) is 9.97 Å². The summed E-state index contributed by atoms with van der Waals surface area (Å²) in [5.74, 6) is 0. The van der Waals surface area contributed by atoms with Crippen LogP contribution in [-0.2, 0) is 5.41 Å². The van der Waals surface area contributed by atoms with Gasteiger partial charge in [0.05, 0.1) is 17.5 Å². The maximum Gasteiger partial charge on any atom is 0.0661 e. The van der Waals surface area contributed by atoms with Gasteiger partial charge in [0.15, 0.2) is 0 Å². The van der Waals surface area contributed by atoms with E-state index in [1.165, 1.54) is 0 Å². The molecule has 0 bridgehead atoms. The Morgan fingerprint density at radius 3 is 2.56 bits per heavy atom. The highest BCUT2D eigenvalue weighted by molar-refractivity contribution is 5.17.